The van der Waals surface area contributed by atoms with Crippen LogP contribution in [0.2, 0.25) is 0 Å². The lowest BCUT2D eigenvalue weighted by atomic mass is 9.84. The molecule has 1 unspecified atom stereocenters. The first kappa shape index (κ1) is 46.7. The Morgan fingerprint density at radius 1 is 1.03 bits per heavy atom. The highest BCUT2D eigenvalue weighted by Crippen LogP contribution is 2.43. The average molecular weight is 900 g/mol. The van der Waals surface area contributed by atoms with Gasteiger partial charge in [-0.2, -0.15) is 0 Å². The van der Waals surface area contributed by atoms with Crippen LogP contribution in [-0.2, 0) is 52.8 Å². The lowest BCUT2D eigenvalue weighted by Crippen LogP contribution is -2.62. The molecule has 4 aromatic rings. The van der Waals surface area contributed by atoms with E-state index in [4.69, 9.17) is 14.5 Å². The van der Waals surface area contributed by atoms with E-state index in [2.05, 4.69) is 79.1 Å². The van der Waals surface area contributed by atoms with Crippen LogP contribution in [-0.4, -0.2) is 112 Å². The Morgan fingerprint density at radius 3 is 2.58 bits per heavy atom. The van der Waals surface area contributed by atoms with Crippen LogP contribution in [0.3, 0.4) is 0 Å². The van der Waals surface area contributed by atoms with Gasteiger partial charge in [-0.25, -0.2) is 5.43 Å². The molecule has 5 atom stereocenters. The number of benzene rings is 2. The lowest BCUT2D eigenvalue weighted by Gasteiger charge is -2.37. The smallest absolute Gasteiger partial charge is 0.324 e. The fourth-order valence-electron chi connectivity index (χ4n) is 10.5. The van der Waals surface area contributed by atoms with Gasteiger partial charge in [-0.3, -0.25) is 34.0 Å². The molecule has 0 saturated carbocycles. The zero-order valence-corrected chi connectivity index (χ0v) is 39.3. The summed E-state index contributed by atoms with van der Waals surface area (Å²) in [4.78, 5) is 77.4. The first-order valence-corrected chi connectivity index (χ1v) is 23.7. The summed E-state index contributed by atoms with van der Waals surface area (Å²) in [7, 11) is 1.61. The molecule has 0 aliphatic carbocycles. The Labute approximate surface area is 388 Å². The summed E-state index contributed by atoms with van der Waals surface area (Å²) in [6.45, 7) is 16.3. The number of rotatable bonds is 9. The molecule has 2 aromatic heterocycles. The number of ether oxygens (including phenoxy) is 2. The van der Waals surface area contributed by atoms with Crippen LogP contribution in [0.15, 0.2) is 73.4 Å². The molecule has 4 aliphatic heterocycles. The van der Waals surface area contributed by atoms with E-state index < -0.39 is 47.2 Å². The molecule has 2 aromatic carbocycles. The monoisotopic (exact) mass is 899 g/mol. The van der Waals surface area contributed by atoms with Crippen molar-refractivity contribution < 1.29 is 33.4 Å². The standard InChI is InChI=1S/C52H65N7O7/c1-8-44(60)57-24-21-36(30-57)49(62)56(7)46(32(3)4)48(61)54-41-27-33-14-10-15-34(26-33)35-19-20-42-38(28-35)39(29-52(5,6)31-66-51(64)40-17-12-23-59(55-40)50(41)63)47(58(42)9-2)37-16-11-22-53-45(37)43-18-13-25-65-43/h8,10-11,14-16,19-20,22,26,28,32,36,40-41,43,46,55H,1,9,12-13,17-18,21,23-25,27,29-31H2,2-7H3,(H,54,61)/t36?,40-,41-,43-,46-/m0/s1. The molecule has 2 N–H and O–H groups in total. The van der Waals surface area contributed by atoms with Gasteiger partial charge in [-0.15, -0.1) is 0 Å². The van der Waals surface area contributed by atoms with Crippen LogP contribution in [0.4, 0.5) is 0 Å². The molecule has 3 fully saturated rings. The van der Waals surface area contributed by atoms with E-state index in [-0.39, 0.29) is 43.4 Å². The highest BCUT2D eigenvalue weighted by atomic mass is 16.5. The summed E-state index contributed by atoms with van der Waals surface area (Å²) in [5.41, 5.74) is 10.8. The quantitative estimate of drug-likeness (QED) is 0.143. The summed E-state index contributed by atoms with van der Waals surface area (Å²) < 4.78 is 14.7. The van der Waals surface area contributed by atoms with Gasteiger partial charge in [0, 0.05) is 74.3 Å². The summed E-state index contributed by atoms with van der Waals surface area (Å²) >= 11 is 0. The van der Waals surface area contributed by atoms with Gasteiger partial charge in [0.05, 0.1) is 23.9 Å². The number of pyridine rings is 1. The molecule has 4 amide bonds. The summed E-state index contributed by atoms with van der Waals surface area (Å²) in [6, 6.07) is 16.1. The molecular formula is C52H65N7O7. The molecule has 350 valence electrons. The van der Waals surface area contributed by atoms with Gasteiger partial charge < -0.3 is 29.2 Å². The van der Waals surface area contributed by atoms with Crippen LogP contribution in [0.5, 0.6) is 0 Å². The molecule has 3 saturated heterocycles. The van der Waals surface area contributed by atoms with Crippen molar-refractivity contribution in [2.24, 2.45) is 17.3 Å². The Kier molecular flexibility index (Phi) is 13.8. The number of likely N-dealkylation sites (N-methyl/N-ethyl adjacent to an activating group) is 1. The second-order valence-corrected chi connectivity index (χ2v) is 19.6. The SMILES string of the molecule is C=CC(=O)N1CCC(C(=O)N(C)[C@H](C(=O)N[C@H]2Cc3cccc(c3)-c3ccc4c(c3)c(c(-c3cccnc3[C@@H]3CCCO3)n4CC)CC(C)(C)COC(=O)[C@@H]3CCCN(N3)C2=O)C(C)C)C1. The number of aryl methyl sites for hydroxylation is 1. The molecule has 4 aliphatic rings. The summed E-state index contributed by atoms with van der Waals surface area (Å²) in [5.74, 6) is -2.53. The van der Waals surface area contributed by atoms with Gasteiger partial charge in [0.2, 0.25) is 17.7 Å². The predicted octanol–water partition coefficient (Wildman–Crippen LogP) is 6.41. The van der Waals surface area contributed by atoms with E-state index in [0.29, 0.717) is 45.4 Å². The Morgan fingerprint density at radius 2 is 1.83 bits per heavy atom. The van der Waals surface area contributed by atoms with E-state index in [1.807, 2.05) is 38.2 Å². The molecule has 8 rings (SSSR count). The number of fused-ring (bicyclic) bond motifs is 6. The number of nitrogens with one attached hydrogen (secondary N) is 2. The minimum absolute atomic E-state index is 0.0928. The maximum Gasteiger partial charge on any atom is 0.324 e. The zero-order chi connectivity index (χ0) is 46.9. The number of carbonyl (C=O) groups excluding carboxylic acids is 5. The van der Waals surface area contributed by atoms with Crippen molar-refractivity contribution in [1.82, 2.24) is 35.1 Å². The molecule has 6 heterocycles. The predicted molar refractivity (Wildman–Crippen MR) is 252 cm³/mol. The lowest BCUT2D eigenvalue weighted by molar-refractivity contribution is -0.155. The molecule has 66 heavy (non-hydrogen) atoms. The van der Waals surface area contributed by atoms with Crippen molar-refractivity contribution in [3.05, 3.63) is 90.3 Å². The Bertz CT molecular complexity index is 2510. The minimum Gasteiger partial charge on any atom is -0.464 e. The van der Waals surface area contributed by atoms with E-state index in [0.717, 1.165) is 69.5 Å². The molecule has 6 bridgehead atoms. The highest BCUT2D eigenvalue weighted by molar-refractivity contribution is 5.96. The van der Waals surface area contributed by atoms with Crippen LogP contribution in [0, 0.1) is 17.3 Å². The van der Waals surface area contributed by atoms with Gasteiger partial charge in [-0.05, 0) is 104 Å². The first-order chi connectivity index (χ1) is 31.7. The van der Waals surface area contributed by atoms with E-state index >= 15 is 0 Å². The fraction of sp³-hybridized carbons (Fsp3) is 0.500. The van der Waals surface area contributed by atoms with Gasteiger partial charge >= 0.3 is 5.97 Å². The largest absolute Gasteiger partial charge is 0.464 e. The maximum absolute atomic E-state index is 14.7. The number of hydrogen-bond acceptors (Lipinski definition) is 9. The average Bonchev–Trinajstić information content (AvgIpc) is 4.10. The number of esters is 1. The van der Waals surface area contributed by atoms with Crippen LogP contribution in [0.1, 0.15) is 89.6 Å². The van der Waals surface area contributed by atoms with Crippen LogP contribution >= 0.6 is 0 Å². The normalized spacial score (nSPS) is 22.8. The third kappa shape index (κ3) is 9.53. The van der Waals surface area contributed by atoms with Crippen molar-refractivity contribution in [2.45, 2.75) is 110 Å². The highest BCUT2D eigenvalue weighted by Gasteiger charge is 2.40. The topological polar surface area (TPSA) is 155 Å². The van der Waals surface area contributed by atoms with E-state index in [1.165, 1.54) is 16.0 Å². The van der Waals surface area contributed by atoms with Gasteiger partial charge in [0.25, 0.3) is 5.91 Å². The molecule has 0 radical (unpaired) electrons. The Hall–Kier alpha value is -5.86. The number of aromatic nitrogens is 2. The number of hydrazine groups is 1. The van der Waals surface area contributed by atoms with E-state index in [1.54, 1.807) is 11.9 Å². The second kappa shape index (κ2) is 19.5. The van der Waals surface area contributed by atoms with Crippen LogP contribution < -0.4 is 10.7 Å². The number of carbonyl (C=O) groups is 5. The number of cyclic esters (lactones) is 1. The maximum atomic E-state index is 14.7. The molecule has 14 nitrogen and oxygen atoms in total. The summed E-state index contributed by atoms with van der Waals surface area (Å²) in [5, 5.41) is 5.61. The van der Waals surface area contributed by atoms with E-state index in [9.17, 15) is 24.0 Å². The molecular weight excluding hydrogens is 835 g/mol. The van der Waals surface area contributed by atoms with Gasteiger partial charge in [-0.1, -0.05) is 64.6 Å². The number of amides is 4. The van der Waals surface area contributed by atoms with Crippen molar-refractivity contribution >= 4 is 40.5 Å². The van der Waals surface area contributed by atoms with Gasteiger partial charge in [0.15, 0.2) is 0 Å². The van der Waals surface area contributed by atoms with Crippen molar-refractivity contribution in [2.75, 3.05) is 39.9 Å². The van der Waals surface area contributed by atoms with Crippen LogP contribution in [0.25, 0.3) is 33.3 Å². The van der Waals surface area contributed by atoms with Gasteiger partial charge in [0.1, 0.15) is 24.2 Å². The fourth-order valence-corrected chi connectivity index (χ4v) is 10.5. The number of hydrogen-bond donors (Lipinski definition) is 2. The van der Waals surface area contributed by atoms with Crippen molar-refractivity contribution in [3.63, 3.8) is 0 Å². The third-order valence-corrected chi connectivity index (χ3v) is 13.8. The second-order valence-electron chi connectivity index (χ2n) is 19.6. The Balaban J connectivity index is 1.18. The van der Waals surface area contributed by atoms with Crippen molar-refractivity contribution in [3.8, 4) is 22.4 Å². The van der Waals surface area contributed by atoms with Crippen molar-refractivity contribution in [1.29, 1.82) is 0 Å². The summed E-state index contributed by atoms with van der Waals surface area (Å²) in [6.07, 6.45) is 7.16. The minimum atomic E-state index is -1.04. The molecule has 14 heteroatoms. The molecule has 0 spiro atoms. The number of nitrogens with zero attached hydrogens (tertiary/aromatic N) is 5. The zero-order valence-electron chi connectivity index (χ0n) is 39.3. The number of likely N-dealkylation sites (tertiary alicyclic amines) is 1. The first-order valence-electron chi connectivity index (χ1n) is 23.7. The third-order valence-electron chi connectivity index (χ3n) is 13.8.